The number of nitrogens with one attached hydrogen (secondary N) is 2. The molecule has 0 aliphatic carbocycles. The number of anilines is 3. The van der Waals surface area contributed by atoms with Gasteiger partial charge in [0, 0.05) is 31.0 Å². The van der Waals surface area contributed by atoms with Crippen molar-refractivity contribution in [1.82, 2.24) is 10.2 Å². The molecule has 1 aliphatic heterocycles. The van der Waals surface area contributed by atoms with E-state index in [0.29, 0.717) is 12.4 Å². The summed E-state index contributed by atoms with van der Waals surface area (Å²) in [4.78, 5) is 14.7. The predicted octanol–water partition coefficient (Wildman–Crippen LogP) is 3.56. The molecule has 2 heterocycles. The zero-order valence-electron chi connectivity index (χ0n) is 15.1. The fourth-order valence-corrected chi connectivity index (χ4v) is 2.94. The first-order valence-electron chi connectivity index (χ1n) is 9.00. The van der Waals surface area contributed by atoms with E-state index < -0.39 is 0 Å². The van der Waals surface area contributed by atoms with Gasteiger partial charge in [-0.15, -0.1) is 16.8 Å². The molecule has 0 unspecified atom stereocenters. The van der Waals surface area contributed by atoms with Crippen LogP contribution < -0.4 is 15.5 Å². The number of aromatic nitrogens is 2. The van der Waals surface area contributed by atoms with E-state index in [1.54, 1.807) is 18.2 Å². The van der Waals surface area contributed by atoms with E-state index in [4.69, 9.17) is 0 Å². The summed E-state index contributed by atoms with van der Waals surface area (Å²) in [7, 11) is 0. The summed E-state index contributed by atoms with van der Waals surface area (Å²) in [6, 6.07) is 11.3. The lowest BCUT2D eigenvalue weighted by Crippen LogP contribution is -2.32. The summed E-state index contributed by atoms with van der Waals surface area (Å²) in [6.07, 6.45) is 4.19. The second-order valence-corrected chi connectivity index (χ2v) is 6.64. The lowest BCUT2D eigenvalue weighted by atomic mass is 9.99. The number of amides is 1. The van der Waals surface area contributed by atoms with Gasteiger partial charge in [0.15, 0.2) is 5.69 Å². The molecule has 0 spiro atoms. The van der Waals surface area contributed by atoms with Crippen LogP contribution in [0.15, 0.2) is 49.1 Å². The van der Waals surface area contributed by atoms with Crippen LogP contribution >= 0.6 is 0 Å². The summed E-state index contributed by atoms with van der Waals surface area (Å²) < 4.78 is 0. The smallest absolute Gasteiger partial charge is 0.276 e. The second-order valence-electron chi connectivity index (χ2n) is 6.64. The average Bonchev–Trinajstić information content (AvgIpc) is 2.68. The van der Waals surface area contributed by atoms with Gasteiger partial charge >= 0.3 is 0 Å². The number of piperidine rings is 1. The molecule has 1 fully saturated rings. The molecule has 6 nitrogen and oxygen atoms in total. The third-order valence-corrected chi connectivity index (χ3v) is 4.60. The molecule has 136 valence electrons. The number of carbonyl (C=O) groups is 1. The fourth-order valence-electron chi connectivity index (χ4n) is 2.94. The zero-order valence-corrected chi connectivity index (χ0v) is 15.1. The Bertz CT molecular complexity index is 734. The van der Waals surface area contributed by atoms with Crippen LogP contribution in [0.5, 0.6) is 0 Å². The molecule has 6 heteroatoms. The maximum absolute atomic E-state index is 12.3. The quantitative estimate of drug-likeness (QED) is 0.779. The van der Waals surface area contributed by atoms with Gasteiger partial charge in [-0.05, 0) is 55.2 Å². The predicted molar refractivity (Wildman–Crippen MR) is 106 cm³/mol. The number of nitrogens with zero attached hydrogens (tertiary/aromatic N) is 3. The summed E-state index contributed by atoms with van der Waals surface area (Å²) >= 11 is 0. The second kappa shape index (κ2) is 8.47. The number of benzene rings is 1. The highest BCUT2D eigenvalue weighted by Gasteiger charge is 2.16. The van der Waals surface area contributed by atoms with E-state index in [9.17, 15) is 4.79 Å². The van der Waals surface area contributed by atoms with E-state index in [0.717, 1.165) is 24.7 Å². The standard InChI is InChI=1S/C20H25N5O/c1-3-12-21-19-9-8-18(23-24-19)20(26)22-16-4-6-17(7-5-16)25-13-10-15(2)11-14-25/h3-9,15H,1,10-14H2,2H3,(H,21,24)(H,22,26). The van der Waals surface area contributed by atoms with Gasteiger partial charge in [-0.1, -0.05) is 13.0 Å². The van der Waals surface area contributed by atoms with Crippen LogP contribution in [0.1, 0.15) is 30.3 Å². The lowest BCUT2D eigenvalue weighted by molar-refractivity contribution is 0.102. The highest BCUT2D eigenvalue weighted by Crippen LogP contribution is 2.24. The van der Waals surface area contributed by atoms with Crippen molar-refractivity contribution in [3.63, 3.8) is 0 Å². The molecular formula is C20H25N5O. The summed E-state index contributed by atoms with van der Waals surface area (Å²) in [5.41, 5.74) is 2.23. The Morgan fingerprint density at radius 2 is 1.92 bits per heavy atom. The van der Waals surface area contributed by atoms with Gasteiger partial charge in [0.2, 0.25) is 0 Å². The van der Waals surface area contributed by atoms with Crippen LogP contribution in [-0.4, -0.2) is 35.7 Å². The van der Waals surface area contributed by atoms with Crippen molar-refractivity contribution < 1.29 is 4.79 Å². The average molecular weight is 351 g/mol. The number of rotatable bonds is 6. The van der Waals surface area contributed by atoms with E-state index in [2.05, 4.69) is 51.4 Å². The molecule has 1 saturated heterocycles. The minimum absolute atomic E-state index is 0.271. The van der Waals surface area contributed by atoms with E-state index in [-0.39, 0.29) is 11.6 Å². The number of hydrogen-bond donors (Lipinski definition) is 2. The molecule has 0 radical (unpaired) electrons. The minimum atomic E-state index is -0.271. The maximum Gasteiger partial charge on any atom is 0.276 e. The zero-order chi connectivity index (χ0) is 18.4. The Kier molecular flexibility index (Phi) is 5.84. The van der Waals surface area contributed by atoms with Gasteiger partial charge in [-0.3, -0.25) is 4.79 Å². The number of hydrogen-bond acceptors (Lipinski definition) is 5. The SMILES string of the molecule is C=CCNc1ccc(C(=O)Nc2ccc(N3CCC(C)CC3)cc2)nn1. The van der Waals surface area contributed by atoms with Gasteiger partial charge < -0.3 is 15.5 Å². The third kappa shape index (κ3) is 4.59. The molecule has 0 atom stereocenters. The minimum Gasteiger partial charge on any atom is -0.372 e. The Balaban J connectivity index is 1.58. The van der Waals surface area contributed by atoms with E-state index in [1.165, 1.54) is 18.5 Å². The first-order chi connectivity index (χ1) is 12.7. The monoisotopic (exact) mass is 351 g/mol. The molecule has 0 saturated carbocycles. The van der Waals surface area contributed by atoms with Gasteiger partial charge in [0.25, 0.3) is 5.91 Å². The van der Waals surface area contributed by atoms with Gasteiger partial charge in [0.05, 0.1) is 0 Å². The highest BCUT2D eigenvalue weighted by molar-refractivity contribution is 6.02. The Labute approximate surface area is 154 Å². The van der Waals surface area contributed by atoms with Gasteiger partial charge in [-0.2, -0.15) is 0 Å². The Morgan fingerprint density at radius 3 is 2.54 bits per heavy atom. The van der Waals surface area contributed by atoms with Crippen molar-refractivity contribution in [3.05, 3.63) is 54.7 Å². The van der Waals surface area contributed by atoms with Crippen LogP contribution in [0.2, 0.25) is 0 Å². The molecule has 1 amide bonds. The van der Waals surface area contributed by atoms with Crippen molar-refractivity contribution in [2.45, 2.75) is 19.8 Å². The largest absolute Gasteiger partial charge is 0.372 e. The molecule has 1 aliphatic rings. The molecule has 26 heavy (non-hydrogen) atoms. The van der Waals surface area contributed by atoms with Crippen molar-refractivity contribution in [2.24, 2.45) is 5.92 Å². The third-order valence-electron chi connectivity index (χ3n) is 4.60. The normalized spacial score (nSPS) is 14.7. The van der Waals surface area contributed by atoms with Crippen LogP contribution in [0.25, 0.3) is 0 Å². The fraction of sp³-hybridized carbons (Fsp3) is 0.350. The Hall–Kier alpha value is -2.89. The topological polar surface area (TPSA) is 70.2 Å². The van der Waals surface area contributed by atoms with Crippen molar-refractivity contribution >= 4 is 23.1 Å². The van der Waals surface area contributed by atoms with Crippen LogP contribution in [-0.2, 0) is 0 Å². The summed E-state index contributed by atoms with van der Waals surface area (Å²) in [6.45, 7) is 8.72. The van der Waals surface area contributed by atoms with E-state index in [1.807, 2.05) is 12.1 Å². The van der Waals surface area contributed by atoms with E-state index >= 15 is 0 Å². The maximum atomic E-state index is 12.3. The first kappa shape index (κ1) is 17.9. The number of carbonyl (C=O) groups excluding carboxylic acids is 1. The first-order valence-corrected chi connectivity index (χ1v) is 9.00. The van der Waals surface area contributed by atoms with Crippen LogP contribution in [0.4, 0.5) is 17.2 Å². The lowest BCUT2D eigenvalue weighted by Gasteiger charge is -2.32. The molecule has 0 bridgehead atoms. The Morgan fingerprint density at radius 1 is 1.19 bits per heavy atom. The van der Waals surface area contributed by atoms with Crippen molar-refractivity contribution in [2.75, 3.05) is 35.2 Å². The molecular weight excluding hydrogens is 326 g/mol. The molecule has 1 aromatic heterocycles. The van der Waals surface area contributed by atoms with Crippen LogP contribution in [0.3, 0.4) is 0 Å². The van der Waals surface area contributed by atoms with Crippen molar-refractivity contribution in [3.8, 4) is 0 Å². The van der Waals surface area contributed by atoms with Crippen molar-refractivity contribution in [1.29, 1.82) is 0 Å². The van der Waals surface area contributed by atoms with Crippen LogP contribution in [0, 0.1) is 5.92 Å². The van der Waals surface area contributed by atoms with Gasteiger partial charge in [-0.25, -0.2) is 0 Å². The molecule has 1 aromatic carbocycles. The molecule has 2 N–H and O–H groups in total. The molecule has 3 rings (SSSR count). The molecule has 2 aromatic rings. The summed E-state index contributed by atoms with van der Waals surface area (Å²) in [5, 5.41) is 13.8. The summed E-state index contributed by atoms with van der Waals surface area (Å²) in [5.74, 6) is 1.15. The van der Waals surface area contributed by atoms with Gasteiger partial charge in [0.1, 0.15) is 5.82 Å². The highest BCUT2D eigenvalue weighted by atomic mass is 16.1.